The Kier molecular flexibility index (Phi) is 5.98. The molecule has 5 rings (SSSR count). The normalized spacial score (nSPS) is 26.2. The molecule has 2 aliphatic rings. The number of nitrogens with zero attached hydrogens (tertiary/aromatic N) is 2. The highest BCUT2D eigenvalue weighted by molar-refractivity contribution is 5.47. The summed E-state index contributed by atoms with van der Waals surface area (Å²) in [6, 6.07) is 30.9. The Morgan fingerprint density at radius 1 is 0.853 bits per heavy atom. The second kappa shape index (κ2) is 8.95. The minimum Gasteiger partial charge on any atom is -0.359 e. The molecule has 0 saturated carbocycles. The van der Waals surface area contributed by atoms with Crippen molar-refractivity contribution in [2.75, 3.05) is 6.61 Å². The Morgan fingerprint density at radius 3 is 1.74 bits per heavy atom. The van der Waals surface area contributed by atoms with Gasteiger partial charge in [0.25, 0.3) is 0 Å². The number of ether oxygens (including phenoxy) is 3. The molecule has 34 heavy (non-hydrogen) atoms. The fourth-order valence-electron chi connectivity index (χ4n) is 5.15. The zero-order valence-electron chi connectivity index (χ0n) is 19.2. The molecular weight excluding hydrogens is 428 g/mol. The van der Waals surface area contributed by atoms with Crippen molar-refractivity contribution < 1.29 is 19.4 Å². The quantitative estimate of drug-likeness (QED) is 0.551. The van der Waals surface area contributed by atoms with Crippen molar-refractivity contribution in [2.45, 2.75) is 49.5 Å². The molecule has 4 atom stereocenters. The van der Waals surface area contributed by atoms with E-state index in [4.69, 9.17) is 14.2 Å². The van der Waals surface area contributed by atoms with Gasteiger partial charge in [-0.15, -0.1) is 0 Å². The van der Waals surface area contributed by atoms with Gasteiger partial charge in [-0.25, -0.2) is 0 Å². The first-order chi connectivity index (χ1) is 16.5. The van der Waals surface area contributed by atoms with Gasteiger partial charge in [0.15, 0.2) is 11.8 Å². The smallest absolute Gasteiger partial charge is 0.163 e. The highest BCUT2D eigenvalue weighted by Crippen LogP contribution is 2.43. The predicted octanol–water partition coefficient (Wildman–Crippen LogP) is 4.48. The largest absolute Gasteiger partial charge is 0.359 e. The van der Waals surface area contributed by atoms with Crippen molar-refractivity contribution in [1.29, 1.82) is 5.26 Å². The molecule has 2 fully saturated rings. The van der Waals surface area contributed by atoms with E-state index < -0.39 is 35.7 Å². The summed E-state index contributed by atoms with van der Waals surface area (Å²) >= 11 is 0. The molecule has 0 aliphatic carbocycles. The van der Waals surface area contributed by atoms with E-state index in [9.17, 15) is 10.5 Å². The topological polar surface area (TPSA) is 74.9 Å². The van der Waals surface area contributed by atoms with Crippen LogP contribution >= 0.6 is 0 Å². The van der Waals surface area contributed by atoms with Gasteiger partial charge < -0.3 is 19.4 Å². The van der Waals surface area contributed by atoms with E-state index in [1.54, 1.807) is 0 Å². The van der Waals surface area contributed by atoms with E-state index in [0.29, 0.717) is 0 Å². The van der Waals surface area contributed by atoms with Crippen molar-refractivity contribution in [1.82, 2.24) is 5.06 Å². The summed E-state index contributed by atoms with van der Waals surface area (Å²) in [5.74, 6) is -0.834. The fraction of sp³-hybridized carbons (Fsp3) is 0.321. The van der Waals surface area contributed by atoms with Crippen LogP contribution < -0.4 is 0 Å². The van der Waals surface area contributed by atoms with Crippen molar-refractivity contribution in [3.8, 4) is 6.07 Å². The molecule has 2 saturated heterocycles. The Hall–Kier alpha value is -3.05. The SMILES string of the molecule is CC1(C)O[C@@H]2[C@H](O1)[C@H](COC(c1ccccc1)(c1ccccc1)c1ccccc1)N(O)[C@H]2C#N. The molecule has 6 nitrogen and oxygen atoms in total. The highest BCUT2D eigenvalue weighted by Gasteiger charge is 2.59. The van der Waals surface area contributed by atoms with Gasteiger partial charge in [-0.05, 0) is 30.5 Å². The minimum absolute atomic E-state index is 0.119. The lowest BCUT2D eigenvalue weighted by molar-refractivity contribution is -0.217. The second-order valence-electron chi connectivity index (χ2n) is 9.18. The minimum atomic E-state index is -0.931. The maximum absolute atomic E-state index is 10.9. The molecule has 0 spiro atoms. The number of hydrogen-bond donors (Lipinski definition) is 1. The lowest BCUT2D eigenvalue weighted by atomic mass is 9.80. The summed E-state index contributed by atoms with van der Waals surface area (Å²) in [6.45, 7) is 3.76. The van der Waals surface area contributed by atoms with Gasteiger partial charge in [0.05, 0.1) is 18.7 Å². The third-order valence-electron chi connectivity index (χ3n) is 6.62. The van der Waals surface area contributed by atoms with Crippen molar-refractivity contribution in [2.24, 2.45) is 0 Å². The molecule has 1 N–H and O–H groups in total. The van der Waals surface area contributed by atoms with E-state index in [-0.39, 0.29) is 6.61 Å². The monoisotopic (exact) mass is 456 g/mol. The molecule has 3 aromatic rings. The van der Waals surface area contributed by atoms with Crippen molar-refractivity contribution in [3.05, 3.63) is 108 Å². The maximum atomic E-state index is 10.9. The van der Waals surface area contributed by atoms with Crippen molar-refractivity contribution in [3.63, 3.8) is 0 Å². The van der Waals surface area contributed by atoms with Crippen LogP contribution in [0, 0.1) is 11.3 Å². The Labute approximate surface area is 199 Å². The molecule has 3 aromatic carbocycles. The van der Waals surface area contributed by atoms with Gasteiger partial charge in [-0.2, -0.15) is 10.3 Å². The van der Waals surface area contributed by atoms with Gasteiger partial charge >= 0.3 is 0 Å². The van der Waals surface area contributed by atoms with Gasteiger partial charge in [-0.3, -0.25) is 0 Å². The molecule has 6 heteroatoms. The van der Waals surface area contributed by atoms with Gasteiger partial charge in [0.2, 0.25) is 0 Å². The van der Waals surface area contributed by atoms with Gasteiger partial charge in [0, 0.05) is 0 Å². The zero-order valence-corrected chi connectivity index (χ0v) is 19.2. The average Bonchev–Trinajstić information content (AvgIpc) is 3.30. The molecule has 2 aliphatic heterocycles. The molecular formula is C28H28N2O4. The second-order valence-corrected chi connectivity index (χ2v) is 9.18. The van der Waals surface area contributed by atoms with Crippen LogP contribution in [-0.4, -0.2) is 47.0 Å². The molecule has 174 valence electrons. The standard InChI is InChI=1S/C28H28N2O4/c1-27(2)33-25-23(18-29)30(31)24(26(25)34-27)19-32-28(20-12-6-3-7-13-20,21-14-8-4-9-15-21)22-16-10-5-11-17-22/h3-17,23-26,31H,19H2,1-2H3/t23-,24-,25-,26+/m0/s1. The average molecular weight is 457 g/mol. The lowest BCUT2D eigenvalue weighted by Gasteiger charge is -2.38. The van der Waals surface area contributed by atoms with E-state index in [1.807, 2.05) is 105 Å². The molecule has 0 radical (unpaired) electrons. The molecule has 0 bridgehead atoms. The van der Waals surface area contributed by atoms with Crippen LogP contribution in [0.1, 0.15) is 30.5 Å². The molecule has 0 aromatic heterocycles. The van der Waals surface area contributed by atoms with E-state index in [0.717, 1.165) is 21.8 Å². The first-order valence-electron chi connectivity index (χ1n) is 11.5. The Bertz CT molecular complexity index is 1050. The Morgan fingerprint density at radius 2 is 1.29 bits per heavy atom. The van der Waals surface area contributed by atoms with E-state index in [2.05, 4.69) is 6.07 Å². The number of nitriles is 1. The van der Waals surface area contributed by atoms with Gasteiger partial charge in [-0.1, -0.05) is 91.0 Å². The summed E-state index contributed by atoms with van der Waals surface area (Å²) in [5.41, 5.74) is 1.96. The molecule has 0 unspecified atom stereocenters. The first kappa shape index (κ1) is 22.7. The fourth-order valence-corrected chi connectivity index (χ4v) is 5.15. The van der Waals surface area contributed by atoms with E-state index in [1.165, 1.54) is 0 Å². The lowest BCUT2D eigenvalue weighted by Crippen LogP contribution is -2.45. The number of benzene rings is 3. The summed E-state index contributed by atoms with van der Waals surface area (Å²) in [7, 11) is 0. The molecule has 2 heterocycles. The van der Waals surface area contributed by atoms with Crippen molar-refractivity contribution >= 4 is 0 Å². The third kappa shape index (κ3) is 3.82. The first-order valence-corrected chi connectivity index (χ1v) is 11.5. The zero-order chi connectivity index (χ0) is 23.8. The van der Waals surface area contributed by atoms with Crippen LogP contribution in [0.15, 0.2) is 91.0 Å². The van der Waals surface area contributed by atoms with E-state index >= 15 is 0 Å². The van der Waals surface area contributed by atoms with Crippen LogP contribution in [0.25, 0.3) is 0 Å². The van der Waals surface area contributed by atoms with Crippen LogP contribution in [0.4, 0.5) is 0 Å². The summed E-state index contributed by atoms with van der Waals surface area (Å²) in [4.78, 5) is 0. The van der Waals surface area contributed by atoms with Crippen LogP contribution in [-0.2, 0) is 19.8 Å². The van der Waals surface area contributed by atoms with Crippen LogP contribution in [0.2, 0.25) is 0 Å². The van der Waals surface area contributed by atoms with Crippen LogP contribution in [0.5, 0.6) is 0 Å². The number of hydrogen-bond acceptors (Lipinski definition) is 6. The summed E-state index contributed by atoms with van der Waals surface area (Å²) in [6.07, 6.45) is -1.05. The summed E-state index contributed by atoms with van der Waals surface area (Å²) < 4.78 is 18.9. The third-order valence-corrected chi connectivity index (χ3v) is 6.62. The van der Waals surface area contributed by atoms with Gasteiger partial charge in [0.1, 0.15) is 17.8 Å². The maximum Gasteiger partial charge on any atom is 0.163 e. The summed E-state index contributed by atoms with van der Waals surface area (Å²) in [5, 5.41) is 21.6. The molecule has 0 amide bonds. The predicted molar refractivity (Wildman–Crippen MR) is 126 cm³/mol. The Balaban J connectivity index is 1.58. The number of rotatable bonds is 6. The van der Waals surface area contributed by atoms with Crippen LogP contribution in [0.3, 0.4) is 0 Å². The number of fused-ring (bicyclic) bond motifs is 1. The number of hydroxylamine groups is 2. The highest BCUT2D eigenvalue weighted by atomic mass is 16.8.